The summed E-state index contributed by atoms with van der Waals surface area (Å²) < 4.78 is 16.1. The second kappa shape index (κ2) is 6.55. The highest BCUT2D eigenvalue weighted by Crippen LogP contribution is 2.26. The summed E-state index contributed by atoms with van der Waals surface area (Å²) in [5, 5.41) is 9.46. The molecule has 1 heterocycles. The van der Waals surface area contributed by atoms with E-state index in [-0.39, 0.29) is 5.82 Å². The number of hydrogen-bond donors (Lipinski definition) is 0. The number of benzene rings is 2. The Morgan fingerprint density at radius 3 is 2.38 bits per heavy atom. The normalized spacial score (nSPS) is 11.3. The molecule has 0 atom stereocenters. The van der Waals surface area contributed by atoms with Gasteiger partial charge in [0.25, 0.3) is 0 Å². The van der Waals surface area contributed by atoms with Gasteiger partial charge in [0.15, 0.2) is 0 Å². The molecule has 0 aliphatic heterocycles. The monoisotopic (exact) mass is 316 g/mol. The van der Waals surface area contributed by atoms with Crippen molar-refractivity contribution in [2.24, 2.45) is 0 Å². The first-order valence-electron chi connectivity index (χ1n) is 7.73. The molecule has 118 valence electrons. The highest BCUT2D eigenvalue weighted by Gasteiger charge is 2.12. The lowest BCUT2D eigenvalue weighted by Crippen LogP contribution is -1.98. The van der Waals surface area contributed by atoms with Gasteiger partial charge in [0.05, 0.1) is 11.6 Å². The van der Waals surface area contributed by atoms with Crippen LogP contribution in [0.2, 0.25) is 0 Å². The third-order valence-electron chi connectivity index (χ3n) is 4.07. The molecule has 0 aliphatic rings. The quantitative estimate of drug-likeness (QED) is 0.603. The molecule has 0 bridgehead atoms. The molecular formula is C21H17FN2. The smallest absolute Gasteiger partial charge is 0.131 e. The van der Waals surface area contributed by atoms with Gasteiger partial charge < -0.3 is 4.57 Å². The number of allylic oxidation sites excluding steroid dienone is 1. The maximum atomic E-state index is 14.0. The summed E-state index contributed by atoms with van der Waals surface area (Å²) in [5.74, 6) is -0.387. The largest absolute Gasteiger partial charge is 0.318 e. The lowest BCUT2D eigenvalue weighted by atomic mass is 10.0. The second-order valence-electron chi connectivity index (χ2n) is 5.65. The van der Waals surface area contributed by atoms with Gasteiger partial charge in [-0.1, -0.05) is 36.4 Å². The van der Waals surface area contributed by atoms with Gasteiger partial charge in [0.1, 0.15) is 5.82 Å². The number of aromatic nitrogens is 1. The first kappa shape index (κ1) is 15.8. The van der Waals surface area contributed by atoms with Crippen molar-refractivity contribution < 1.29 is 4.39 Å². The summed E-state index contributed by atoms with van der Waals surface area (Å²) in [6.45, 7) is 4.02. The molecule has 0 radical (unpaired) electrons. The molecule has 0 unspecified atom stereocenters. The number of hydrogen-bond acceptors (Lipinski definition) is 1. The molecule has 0 amide bonds. The molecule has 24 heavy (non-hydrogen) atoms. The molecule has 3 rings (SSSR count). The van der Waals surface area contributed by atoms with Crippen LogP contribution in [0, 0.1) is 31.0 Å². The molecular weight excluding hydrogens is 299 g/mol. The highest BCUT2D eigenvalue weighted by molar-refractivity contribution is 5.90. The molecule has 2 nitrogen and oxygen atoms in total. The summed E-state index contributed by atoms with van der Waals surface area (Å²) >= 11 is 0. The van der Waals surface area contributed by atoms with Gasteiger partial charge in [-0.15, -0.1) is 0 Å². The summed E-state index contributed by atoms with van der Waals surface area (Å²) in [4.78, 5) is 0. The summed E-state index contributed by atoms with van der Waals surface area (Å²) in [6, 6.07) is 20.5. The highest BCUT2D eigenvalue weighted by atomic mass is 19.1. The number of para-hydroxylation sites is 1. The fourth-order valence-electron chi connectivity index (χ4n) is 2.91. The third-order valence-corrected chi connectivity index (χ3v) is 4.07. The van der Waals surface area contributed by atoms with Crippen molar-refractivity contribution in [2.45, 2.75) is 13.8 Å². The number of rotatable bonds is 3. The summed E-state index contributed by atoms with van der Waals surface area (Å²) in [6.07, 6.45) is 1.75. The van der Waals surface area contributed by atoms with Crippen molar-refractivity contribution >= 4 is 11.6 Å². The molecule has 0 spiro atoms. The number of halogens is 1. The molecule has 0 saturated heterocycles. The topological polar surface area (TPSA) is 28.7 Å². The van der Waals surface area contributed by atoms with E-state index in [2.05, 4.69) is 10.6 Å². The van der Waals surface area contributed by atoms with Crippen molar-refractivity contribution in [3.05, 3.63) is 89.0 Å². The van der Waals surface area contributed by atoms with E-state index in [1.165, 1.54) is 6.07 Å². The molecule has 0 N–H and O–H groups in total. The molecule has 0 aliphatic carbocycles. The van der Waals surface area contributed by atoms with Crippen LogP contribution in [0.1, 0.15) is 22.5 Å². The molecule has 3 aromatic rings. The predicted molar refractivity (Wildman–Crippen MR) is 95.1 cm³/mol. The minimum atomic E-state index is -0.387. The Kier molecular flexibility index (Phi) is 4.31. The fraction of sp³-hybridized carbons (Fsp3) is 0.0952. The minimum Gasteiger partial charge on any atom is -0.318 e. The second-order valence-corrected chi connectivity index (χ2v) is 5.65. The summed E-state index contributed by atoms with van der Waals surface area (Å²) in [5.41, 5.74) is 4.71. The van der Waals surface area contributed by atoms with Crippen LogP contribution in [-0.4, -0.2) is 4.57 Å². The Hall–Kier alpha value is -3.12. The Labute approximate surface area is 141 Å². The van der Waals surface area contributed by atoms with Crippen LogP contribution in [0.25, 0.3) is 17.3 Å². The van der Waals surface area contributed by atoms with Gasteiger partial charge in [-0.3, -0.25) is 0 Å². The van der Waals surface area contributed by atoms with Crippen LogP contribution in [0.3, 0.4) is 0 Å². The average molecular weight is 316 g/mol. The molecule has 0 fully saturated rings. The van der Waals surface area contributed by atoms with Crippen LogP contribution in [0.4, 0.5) is 4.39 Å². The zero-order chi connectivity index (χ0) is 17.1. The van der Waals surface area contributed by atoms with Crippen molar-refractivity contribution in [3.8, 4) is 11.8 Å². The van der Waals surface area contributed by atoms with E-state index in [9.17, 15) is 9.65 Å². The van der Waals surface area contributed by atoms with Crippen molar-refractivity contribution in [1.82, 2.24) is 4.57 Å². The van der Waals surface area contributed by atoms with Crippen LogP contribution in [-0.2, 0) is 0 Å². The molecule has 1 aromatic heterocycles. The van der Waals surface area contributed by atoms with Crippen LogP contribution >= 0.6 is 0 Å². The van der Waals surface area contributed by atoms with Crippen LogP contribution < -0.4 is 0 Å². The lowest BCUT2D eigenvalue weighted by Gasteiger charge is -2.09. The maximum Gasteiger partial charge on any atom is 0.131 e. The SMILES string of the molecule is Cc1cc(/C=C(/C#N)c2ccccc2F)c(C)n1-c1ccccc1. The predicted octanol–water partition coefficient (Wildman–Crippen LogP) is 5.30. The lowest BCUT2D eigenvalue weighted by molar-refractivity contribution is 0.624. The summed E-state index contributed by atoms with van der Waals surface area (Å²) in [7, 11) is 0. The molecule has 2 aromatic carbocycles. The maximum absolute atomic E-state index is 14.0. The minimum absolute atomic E-state index is 0.321. The number of aryl methyl sites for hydroxylation is 1. The number of nitriles is 1. The molecule has 0 saturated carbocycles. The van der Waals surface area contributed by atoms with E-state index < -0.39 is 0 Å². The first-order chi connectivity index (χ1) is 11.6. The van der Waals surface area contributed by atoms with Crippen LogP contribution in [0.5, 0.6) is 0 Å². The first-order valence-corrected chi connectivity index (χ1v) is 7.73. The van der Waals surface area contributed by atoms with E-state index in [1.807, 2.05) is 50.2 Å². The van der Waals surface area contributed by atoms with Crippen molar-refractivity contribution in [3.63, 3.8) is 0 Å². The van der Waals surface area contributed by atoms with E-state index in [1.54, 1.807) is 24.3 Å². The van der Waals surface area contributed by atoms with Gasteiger partial charge in [0, 0.05) is 22.6 Å². The van der Waals surface area contributed by atoms with Crippen molar-refractivity contribution in [1.29, 1.82) is 5.26 Å². The van der Waals surface area contributed by atoms with E-state index >= 15 is 0 Å². The Balaban J connectivity index is 2.11. The Bertz CT molecular complexity index is 944. The Morgan fingerprint density at radius 1 is 1.04 bits per heavy atom. The standard InChI is InChI=1S/C21H17FN2/c1-15-12-17(16(2)24(15)19-8-4-3-5-9-19)13-18(14-23)20-10-6-7-11-21(20)22/h3-13H,1-2H3/b18-13-. The van der Waals surface area contributed by atoms with Gasteiger partial charge in [-0.2, -0.15) is 5.26 Å². The van der Waals surface area contributed by atoms with Gasteiger partial charge in [-0.25, -0.2) is 4.39 Å². The molecule has 3 heteroatoms. The average Bonchev–Trinajstić information content (AvgIpc) is 2.88. The van der Waals surface area contributed by atoms with Gasteiger partial charge in [-0.05, 0) is 49.8 Å². The fourth-order valence-corrected chi connectivity index (χ4v) is 2.91. The zero-order valence-electron chi connectivity index (χ0n) is 13.6. The van der Waals surface area contributed by atoms with E-state index in [0.717, 1.165) is 22.6 Å². The van der Waals surface area contributed by atoms with E-state index in [4.69, 9.17) is 0 Å². The Morgan fingerprint density at radius 2 is 1.71 bits per heavy atom. The van der Waals surface area contributed by atoms with E-state index in [0.29, 0.717) is 11.1 Å². The van der Waals surface area contributed by atoms with Crippen molar-refractivity contribution in [2.75, 3.05) is 0 Å². The third kappa shape index (κ3) is 2.87. The van der Waals surface area contributed by atoms with Gasteiger partial charge >= 0.3 is 0 Å². The number of nitrogens with zero attached hydrogens (tertiary/aromatic N) is 2. The van der Waals surface area contributed by atoms with Gasteiger partial charge in [0.2, 0.25) is 0 Å². The van der Waals surface area contributed by atoms with Crippen LogP contribution in [0.15, 0.2) is 60.7 Å². The zero-order valence-corrected chi connectivity index (χ0v) is 13.6.